The lowest BCUT2D eigenvalue weighted by Gasteiger charge is -2.12. The Hall–Kier alpha value is -1.74. The fourth-order valence-corrected chi connectivity index (χ4v) is 2.62. The van der Waals surface area contributed by atoms with Gasteiger partial charge >= 0.3 is 5.97 Å². The summed E-state index contributed by atoms with van der Waals surface area (Å²) in [5.41, 5.74) is 3.25. The molecule has 0 spiro atoms. The maximum atomic E-state index is 11.3. The molecule has 0 bridgehead atoms. The fourth-order valence-electron chi connectivity index (χ4n) is 2.40. The van der Waals surface area contributed by atoms with Crippen LogP contribution < -0.4 is 0 Å². The molecule has 3 nitrogen and oxygen atoms in total. The molecule has 1 fully saturated rings. The van der Waals surface area contributed by atoms with Gasteiger partial charge in [-0.25, -0.2) is 4.79 Å². The Morgan fingerprint density at radius 1 is 1.32 bits per heavy atom. The van der Waals surface area contributed by atoms with E-state index in [1.807, 2.05) is 35.8 Å². The minimum absolute atomic E-state index is 0.299. The molecule has 0 saturated heterocycles. The van der Waals surface area contributed by atoms with E-state index in [0.717, 1.165) is 29.7 Å². The summed E-state index contributed by atoms with van der Waals surface area (Å²) in [6.07, 6.45) is 2.07. The molecule has 1 aromatic carbocycles. The SMILES string of the molecule is Cc1ccc(Cl)c(-c2ccc(C(=O)O)n2C2CC2)c1. The lowest BCUT2D eigenvalue weighted by Crippen LogP contribution is -2.08. The van der Waals surface area contributed by atoms with Crippen LogP contribution in [0.5, 0.6) is 0 Å². The number of benzene rings is 1. The zero-order chi connectivity index (χ0) is 13.6. The number of carbonyl (C=O) groups is 1. The van der Waals surface area contributed by atoms with E-state index in [0.29, 0.717) is 16.8 Å². The van der Waals surface area contributed by atoms with Gasteiger partial charge in [-0.15, -0.1) is 0 Å². The Labute approximate surface area is 116 Å². The molecule has 1 heterocycles. The molecular formula is C15H14ClNO2. The van der Waals surface area contributed by atoms with Crippen molar-refractivity contribution in [3.8, 4) is 11.3 Å². The lowest BCUT2D eigenvalue weighted by atomic mass is 10.1. The highest BCUT2D eigenvalue weighted by molar-refractivity contribution is 6.33. The summed E-state index contributed by atoms with van der Waals surface area (Å²) in [4.78, 5) is 11.3. The van der Waals surface area contributed by atoms with E-state index < -0.39 is 5.97 Å². The van der Waals surface area contributed by atoms with Crippen LogP contribution in [0.4, 0.5) is 0 Å². The second-order valence-electron chi connectivity index (χ2n) is 4.99. The van der Waals surface area contributed by atoms with E-state index >= 15 is 0 Å². The van der Waals surface area contributed by atoms with E-state index in [2.05, 4.69) is 0 Å². The molecule has 1 N–H and O–H groups in total. The largest absolute Gasteiger partial charge is 0.477 e. The van der Waals surface area contributed by atoms with Crippen LogP contribution in [0.2, 0.25) is 5.02 Å². The summed E-state index contributed by atoms with van der Waals surface area (Å²) in [6.45, 7) is 2.00. The number of hydrogen-bond donors (Lipinski definition) is 1. The third-order valence-electron chi connectivity index (χ3n) is 3.45. The molecule has 0 unspecified atom stereocenters. The molecule has 2 aromatic rings. The van der Waals surface area contributed by atoms with Gasteiger partial charge in [0.05, 0.1) is 5.69 Å². The Bertz CT molecular complexity index is 656. The standard InChI is InChI=1S/C15H14ClNO2/c1-9-2-5-12(16)11(8-9)13-6-7-14(15(18)19)17(13)10-3-4-10/h2,5-8,10H,3-4H2,1H3,(H,18,19). The van der Waals surface area contributed by atoms with Gasteiger partial charge in [-0.2, -0.15) is 0 Å². The van der Waals surface area contributed by atoms with Crippen molar-refractivity contribution in [3.05, 3.63) is 46.6 Å². The number of halogens is 1. The zero-order valence-electron chi connectivity index (χ0n) is 10.6. The van der Waals surface area contributed by atoms with Crippen LogP contribution in [0.15, 0.2) is 30.3 Å². The lowest BCUT2D eigenvalue weighted by molar-refractivity contribution is 0.0685. The van der Waals surface area contributed by atoms with Crippen LogP contribution in [0.3, 0.4) is 0 Å². The number of hydrogen-bond acceptors (Lipinski definition) is 1. The van der Waals surface area contributed by atoms with Crippen molar-refractivity contribution in [2.45, 2.75) is 25.8 Å². The maximum Gasteiger partial charge on any atom is 0.352 e. The van der Waals surface area contributed by atoms with Gasteiger partial charge in [0.15, 0.2) is 0 Å². The van der Waals surface area contributed by atoms with Crippen molar-refractivity contribution in [2.75, 3.05) is 0 Å². The summed E-state index contributed by atoms with van der Waals surface area (Å²) < 4.78 is 1.91. The van der Waals surface area contributed by atoms with Crippen molar-refractivity contribution in [1.29, 1.82) is 0 Å². The Morgan fingerprint density at radius 3 is 2.68 bits per heavy atom. The van der Waals surface area contributed by atoms with Crippen LogP contribution in [0, 0.1) is 6.92 Å². The highest BCUT2D eigenvalue weighted by atomic mass is 35.5. The van der Waals surface area contributed by atoms with Gasteiger partial charge in [0.2, 0.25) is 0 Å². The normalized spacial score (nSPS) is 14.6. The molecule has 19 heavy (non-hydrogen) atoms. The molecule has 1 aliphatic rings. The Kier molecular flexibility index (Phi) is 2.86. The zero-order valence-corrected chi connectivity index (χ0v) is 11.3. The third-order valence-corrected chi connectivity index (χ3v) is 3.78. The van der Waals surface area contributed by atoms with Gasteiger partial charge in [0, 0.05) is 16.6 Å². The summed E-state index contributed by atoms with van der Waals surface area (Å²) in [5.74, 6) is -0.887. The fraction of sp³-hybridized carbons (Fsp3) is 0.267. The number of nitrogens with zero attached hydrogens (tertiary/aromatic N) is 1. The monoisotopic (exact) mass is 275 g/mol. The number of aryl methyl sites for hydroxylation is 1. The summed E-state index contributed by atoms with van der Waals surface area (Å²) in [6, 6.07) is 9.62. The molecule has 3 rings (SSSR count). The number of aromatic carboxylic acids is 1. The molecule has 0 amide bonds. The minimum Gasteiger partial charge on any atom is -0.477 e. The smallest absolute Gasteiger partial charge is 0.352 e. The quantitative estimate of drug-likeness (QED) is 0.914. The van der Waals surface area contributed by atoms with E-state index in [-0.39, 0.29) is 0 Å². The molecular weight excluding hydrogens is 262 g/mol. The van der Waals surface area contributed by atoms with Crippen LogP contribution in [-0.4, -0.2) is 15.6 Å². The molecule has 0 aliphatic heterocycles. The molecule has 1 aromatic heterocycles. The molecule has 1 saturated carbocycles. The predicted octanol–water partition coefficient (Wildman–Crippen LogP) is 4.15. The second kappa shape index (κ2) is 4.42. The van der Waals surface area contributed by atoms with Gasteiger partial charge in [0.25, 0.3) is 0 Å². The van der Waals surface area contributed by atoms with Crippen molar-refractivity contribution >= 4 is 17.6 Å². The minimum atomic E-state index is -0.887. The first-order valence-electron chi connectivity index (χ1n) is 6.29. The average molecular weight is 276 g/mol. The number of carboxylic acid groups (broad SMARTS) is 1. The molecule has 98 valence electrons. The summed E-state index contributed by atoms with van der Waals surface area (Å²) in [5, 5.41) is 9.93. The highest BCUT2D eigenvalue weighted by Crippen LogP contribution is 2.41. The van der Waals surface area contributed by atoms with E-state index in [1.54, 1.807) is 6.07 Å². The van der Waals surface area contributed by atoms with Crippen LogP contribution in [-0.2, 0) is 0 Å². The highest BCUT2D eigenvalue weighted by Gasteiger charge is 2.30. The average Bonchev–Trinajstić information content (AvgIpc) is 3.11. The van der Waals surface area contributed by atoms with Crippen molar-refractivity contribution in [3.63, 3.8) is 0 Å². The van der Waals surface area contributed by atoms with Crippen LogP contribution in [0.25, 0.3) is 11.3 Å². The summed E-state index contributed by atoms with van der Waals surface area (Å²) >= 11 is 6.26. The predicted molar refractivity (Wildman–Crippen MR) is 74.8 cm³/mol. The van der Waals surface area contributed by atoms with E-state index in [1.165, 1.54) is 0 Å². The van der Waals surface area contributed by atoms with Crippen LogP contribution in [0.1, 0.15) is 34.9 Å². The Morgan fingerprint density at radius 2 is 2.05 bits per heavy atom. The molecule has 1 aliphatic carbocycles. The van der Waals surface area contributed by atoms with Gasteiger partial charge in [0.1, 0.15) is 5.69 Å². The Balaban J connectivity index is 2.20. The van der Waals surface area contributed by atoms with Crippen molar-refractivity contribution < 1.29 is 9.90 Å². The second-order valence-corrected chi connectivity index (χ2v) is 5.40. The van der Waals surface area contributed by atoms with Crippen LogP contribution >= 0.6 is 11.6 Å². The van der Waals surface area contributed by atoms with Gasteiger partial charge in [-0.05, 0) is 44.0 Å². The van der Waals surface area contributed by atoms with Crippen molar-refractivity contribution in [2.24, 2.45) is 0 Å². The molecule has 0 atom stereocenters. The van der Waals surface area contributed by atoms with Gasteiger partial charge in [-0.1, -0.05) is 23.2 Å². The number of rotatable bonds is 3. The molecule has 0 radical (unpaired) electrons. The maximum absolute atomic E-state index is 11.3. The number of aromatic nitrogens is 1. The van der Waals surface area contributed by atoms with E-state index in [4.69, 9.17) is 11.6 Å². The molecule has 4 heteroatoms. The first kappa shape index (κ1) is 12.3. The van der Waals surface area contributed by atoms with Gasteiger partial charge < -0.3 is 9.67 Å². The number of carboxylic acids is 1. The third kappa shape index (κ3) is 2.15. The summed E-state index contributed by atoms with van der Waals surface area (Å²) in [7, 11) is 0. The first-order valence-corrected chi connectivity index (χ1v) is 6.67. The topological polar surface area (TPSA) is 42.2 Å². The van der Waals surface area contributed by atoms with E-state index in [9.17, 15) is 9.90 Å². The van der Waals surface area contributed by atoms with Gasteiger partial charge in [-0.3, -0.25) is 0 Å². The van der Waals surface area contributed by atoms with Crippen molar-refractivity contribution in [1.82, 2.24) is 4.57 Å². The first-order chi connectivity index (χ1) is 9.08.